The lowest BCUT2D eigenvalue weighted by Gasteiger charge is -2.14. The van der Waals surface area contributed by atoms with Crippen LogP contribution in [0, 0.1) is 0 Å². The van der Waals surface area contributed by atoms with Gasteiger partial charge in [0.2, 0.25) is 0 Å². The molecule has 0 radical (unpaired) electrons. The smallest absolute Gasteiger partial charge is 0.315 e. The molecule has 116 valence electrons. The Morgan fingerprint density at radius 1 is 1.10 bits per heavy atom. The van der Waals surface area contributed by atoms with Crippen molar-refractivity contribution < 1.29 is 19.0 Å². The molecule has 2 amide bonds. The first-order valence-electron chi connectivity index (χ1n) is 6.57. The molecule has 0 aromatic heterocycles. The Balaban J connectivity index is 2.69. The predicted molar refractivity (Wildman–Crippen MR) is 81.4 cm³/mol. The van der Waals surface area contributed by atoms with Crippen LogP contribution in [0.15, 0.2) is 24.8 Å². The summed E-state index contributed by atoms with van der Waals surface area (Å²) in [4.78, 5) is 11.4. The van der Waals surface area contributed by atoms with E-state index in [1.165, 1.54) is 0 Å². The normalized spacial score (nSPS) is 9.67. The zero-order valence-corrected chi connectivity index (χ0v) is 12.7. The fourth-order valence-corrected chi connectivity index (χ4v) is 1.83. The molecule has 6 heteroatoms. The Kier molecular flexibility index (Phi) is 6.94. The molecule has 0 aliphatic heterocycles. The molecule has 21 heavy (non-hydrogen) atoms. The van der Waals surface area contributed by atoms with Gasteiger partial charge in [0.05, 0.1) is 21.3 Å². The molecule has 1 rings (SSSR count). The fraction of sp³-hybridized carbons (Fsp3) is 0.400. The molecule has 6 nitrogen and oxygen atoms in total. The Hall–Kier alpha value is -2.37. The molecule has 0 saturated carbocycles. The van der Waals surface area contributed by atoms with E-state index < -0.39 is 0 Å². The number of methoxy groups -OCH3 is 3. The van der Waals surface area contributed by atoms with Crippen molar-refractivity contribution >= 4 is 6.03 Å². The zero-order valence-electron chi connectivity index (χ0n) is 12.7. The molecule has 0 atom stereocenters. The molecule has 0 bridgehead atoms. The molecule has 2 N–H and O–H groups in total. The van der Waals surface area contributed by atoms with Crippen molar-refractivity contribution in [3.05, 3.63) is 30.4 Å². The minimum Gasteiger partial charge on any atom is -0.496 e. The lowest BCUT2D eigenvalue weighted by atomic mass is 10.1. The maximum atomic E-state index is 11.4. The van der Waals surface area contributed by atoms with Gasteiger partial charge in [-0.1, -0.05) is 6.08 Å². The van der Waals surface area contributed by atoms with Crippen LogP contribution in [0.1, 0.15) is 5.56 Å². The summed E-state index contributed by atoms with van der Waals surface area (Å²) in [6, 6.07) is 3.39. The van der Waals surface area contributed by atoms with Crippen LogP contribution in [0.5, 0.6) is 17.2 Å². The van der Waals surface area contributed by atoms with E-state index in [-0.39, 0.29) is 6.03 Å². The highest BCUT2D eigenvalue weighted by Crippen LogP contribution is 2.34. The number of carbonyl (C=O) groups excluding carboxylic acids is 1. The highest BCUT2D eigenvalue weighted by Gasteiger charge is 2.11. The Labute approximate surface area is 125 Å². The molecule has 0 unspecified atom stereocenters. The number of carbonyl (C=O) groups is 1. The van der Waals surface area contributed by atoms with Crippen LogP contribution < -0.4 is 24.8 Å². The number of benzene rings is 1. The van der Waals surface area contributed by atoms with Crippen molar-refractivity contribution in [3.8, 4) is 17.2 Å². The van der Waals surface area contributed by atoms with Crippen LogP contribution in [0.4, 0.5) is 4.79 Å². The quantitative estimate of drug-likeness (QED) is 0.717. The van der Waals surface area contributed by atoms with Gasteiger partial charge < -0.3 is 24.8 Å². The molecule has 0 spiro atoms. The van der Waals surface area contributed by atoms with Gasteiger partial charge in [0.15, 0.2) is 11.5 Å². The number of ether oxygens (including phenoxy) is 3. The van der Waals surface area contributed by atoms with Gasteiger partial charge in [0, 0.05) is 19.2 Å². The second-order valence-corrected chi connectivity index (χ2v) is 4.19. The molecule has 1 aromatic carbocycles. The van der Waals surface area contributed by atoms with Crippen molar-refractivity contribution in [1.29, 1.82) is 0 Å². The first-order valence-corrected chi connectivity index (χ1v) is 6.57. The van der Waals surface area contributed by atoms with Crippen molar-refractivity contribution in [2.24, 2.45) is 0 Å². The van der Waals surface area contributed by atoms with Crippen molar-refractivity contribution in [2.45, 2.75) is 6.42 Å². The van der Waals surface area contributed by atoms with E-state index >= 15 is 0 Å². The minimum atomic E-state index is -0.227. The molecule has 1 aromatic rings. The third kappa shape index (κ3) is 4.91. The monoisotopic (exact) mass is 294 g/mol. The maximum absolute atomic E-state index is 11.4. The van der Waals surface area contributed by atoms with Crippen LogP contribution in [0.3, 0.4) is 0 Å². The van der Waals surface area contributed by atoms with Gasteiger partial charge >= 0.3 is 6.03 Å². The Morgan fingerprint density at radius 2 is 1.71 bits per heavy atom. The Bertz CT molecular complexity index is 489. The van der Waals surface area contributed by atoms with Crippen LogP contribution in [0.25, 0.3) is 0 Å². The van der Waals surface area contributed by atoms with E-state index in [1.807, 2.05) is 6.07 Å². The van der Waals surface area contributed by atoms with Gasteiger partial charge in [0.25, 0.3) is 0 Å². The van der Waals surface area contributed by atoms with E-state index in [4.69, 9.17) is 14.2 Å². The molecule has 0 saturated heterocycles. The summed E-state index contributed by atoms with van der Waals surface area (Å²) in [6.45, 7) is 4.45. The molecule has 0 aliphatic carbocycles. The second kappa shape index (κ2) is 8.73. The standard InChI is InChI=1S/C15H22N2O4/c1-5-7-16-15(18)17-8-6-11-9-13(20-3)14(21-4)10-12(11)19-2/h5,9-10H,1,6-8H2,2-4H3,(H2,16,17,18). The summed E-state index contributed by atoms with van der Waals surface area (Å²) in [7, 11) is 4.74. The third-order valence-corrected chi connectivity index (χ3v) is 2.87. The van der Waals surface area contributed by atoms with Crippen LogP contribution in [-0.4, -0.2) is 40.5 Å². The van der Waals surface area contributed by atoms with Gasteiger partial charge in [-0.3, -0.25) is 0 Å². The summed E-state index contributed by atoms with van der Waals surface area (Å²) in [5.41, 5.74) is 0.930. The molecular formula is C15H22N2O4. The average Bonchev–Trinajstić information content (AvgIpc) is 2.52. The van der Waals surface area contributed by atoms with E-state index in [9.17, 15) is 4.79 Å². The first-order chi connectivity index (χ1) is 10.2. The summed E-state index contributed by atoms with van der Waals surface area (Å²) >= 11 is 0. The van der Waals surface area contributed by atoms with Crippen LogP contribution >= 0.6 is 0 Å². The van der Waals surface area contributed by atoms with Crippen LogP contribution in [0.2, 0.25) is 0 Å². The Morgan fingerprint density at radius 3 is 2.29 bits per heavy atom. The highest BCUT2D eigenvalue weighted by atomic mass is 16.5. The van der Waals surface area contributed by atoms with E-state index in [2.05, 4.69) is 17.2 Å². The van der Waals surface area contributed by atoms with Gasteiger partial charge in [-0.2, -0.15) is 0 Å². The number of nitrogens with one attached hydrogen (secondary N) is 2. The maximum Gasteiger partial charge on any atom is 0.315 e. The number of rotatable bonds is 8. The van der Waals surface area contributed by atoms with Gasteiger partial charge in [0.1, 0.15) is 5.75 Å². The summed E-state index contributed by atoms with van der Waals surface area (Å²) in [5, 5.41) is 5.40. The summed E-state index contributed by atoms with van der Waals surface area (Å²) in [5.74, 6) is 1.93. The van der Waals surface area contributed by atoms with E-state index in [0.717, 1.165) is 5.56 Å². The SMILES string of the molecule is C=CCNC(=O)NCCc1cc(OC)c(OC)cc1OC. The van der Waals surface area contributed by atoms with E-state index in [1.54, 1.807) is 33.5 Å². The zero-order chi connectivity index (χ0) is 15.7. The van der Waals surface area contributed by atoms with Crippen molar-refractivity contribution in [1.82, 2.24) is 10.6 Å². The third-order valence-electron chi connectivity index (χ3n) is 2.87. The molecule has 0 heterocycles. The molecule has 0 fully saturated rings. The fourth-order valence-electron chi connectivity index (χ4n) is 1.83. The number of amides is 2. The minimum absolute atomic E-state index is 0.227. The first kappa shape index (κ1) is 16.7. The van der Waals surface area contributed by atoms with Crippen molar-refractivity contribution in [3.63, 3.8) is 0 Å². The van der Waals surface area contributed by atoms with E-state index in [0.29, 0.717) is 36.8 Å². The largest absolute Gasteiger partial charge is 0.496 e. The van der Waals surface area contributed by atoms with Crippen molar-refractivity contribution in [2.75, 3.05) is 34.4 Å². The number of hydrogen-bond donors (Lipinski definition) is 2. The van der Waals surface area contributed by atoms with Gasteiger partial charge in [-0.15, -0.1) is 6.58 Å². The highest BCUT2D eigenvalue weighted by molar-refractivity contribution is 5.73. The van der Waals surface area contributed by atoms with Crippen LogP contribution in [-0.2, 0) is 6.42 Å². The predicted octanol–water partition coefficient (Wildman–Crippen LogP) is 1.74. The van der Waals surface area contributed by atoms with Gasteiger partial charge in [-0.05, 0) is 18.1 Å². The molecule has 0 aliphatic rings. The summed E-state index contributed by atoms with van der Waals surface area (Å²) in [6.07, 6.45) is 2.24. The lowest BCUT2D eigenvalue weighted by Crippen LogP contribution is -2.36. The number of urea groups is 1. The van der Waals surface area contributed by atoms with Gasteiger partial charge in [-0.25, -0.2) is 4.79 Å². The average molecular weight is 294 g/mol. The second-order valence-electron chi connectivity index (χ2n) is 4.19. The number of hydrogen-bond acceptors (Lipinski definition) is 4. The summed E-state index contributed by atoms with van der Waals surface area (Å²) < 4.78 is 15.8. The topological polar surface area (TPSA) is 68.8 Å². The lowest BCUT2D eigenvalue weighted by molar-refractivity contribution is 0.242. The molecular weight excluding hydrogens is 272 g/mol.